The summed E-state index contributed by atoms with van der Waals surface area (Å²) in [6.45, 7) is 2.00. The predicted octanol–water partition coefficient (Wildman–Crippen LogP) is 3.56. The predicted molar refractivity (Wildman–Crippen MR) is 89.3 cm³/mol. The Morgan fingerprint density at radius 1 is 1.05 bits per heavy atom. The van der Waals surface area contributed by atoms with Crippen LogP contribution in [0, 0.1) is 0 Å². The largest absolute Gasteiger partial charge is 0.480 e. The first-order valence-electron chi connectivity index (χ1n) is 7.32. The van der Waals surface area contributed by atoms with Crippen LogP contribution in [0.15, 0.2) is 54.6 Å². The van der Waals surface area contributed by atoms with Gasteiger partial charge in [-0.05, 0) is 43.0 Å². The second kappa shape index (κ2) is 7.97. The van der Waals surface area contributed by atoms with Crippen LogP contribution in [-0.2, 0) is 17.6 Å². The van der Waals surface area contributed by atoms with Crippen LogP contribution in [0.2, 0.25) is 5.02 Å². The molecule has 0 aliphatic rings. The second-order valence-electron chi connectivity index (χ2n) is 5.48. The van der Waals surface area contributed by atoms with Gasteiger partial charge >= 0.3 is 5.97 Å². The third kappa shape index (κ3) is 5.17. The van der Waals surface area contributed by atoms with Crippen LogP contribution in [0.5, 0.6) is 0 Å². The topological polar surface area (TPSA) is 49.3 Å². The van der Waals surface area contributed by atoms with Gasteiger partial charge < -0.3 is 10.4 Å². The summed E-state index contributed by atoms with van der Waals surface area (Å²) >= 11 is 5.87. The molecule has 1 unspecified atom stereocenters. The molecule has 2 N–H and O–H groups in total. The molecule has 22 heavy (non-hydrogen) atoms. The zero-order chi connectivity index (χ0) is 15.9. The highest BCUT2D eigenvalue weighted by Crippen LogP contribution is 2.12. The number of aliphatic carboxylic acids is 1. The van der Waals surface area contributed by atoms with Gasteiger partial charge in [-0.2, -0.15) is 0 Å². The van der Waals surface area contributed by atoms with Crippen LogP contribution in [-0.4, -0.2) is 23.2 Å². The second-order valence-corrected chi connectivity index (χ2v) is 5.92. The summed E-state index contributed by atoms with van der Waals surface area (Å²) in [7, 11) is 0. The number of hydrogen-bond donors (Lipinski definition) is 2. The van der Waals surface area contributed by atoms with E-state index in [0.717, 1.165) is 17.5 Å². The molecular formula is C18H20ClNO2. The van der Waals surface area contributed by atoms with Crippen LogP contribution < -0.4 is 5.32 Å². The minimum Gasteiger partial charge on any atom is -0.480 e. The van der Waals surface area contributed by atoms with E-state index in [2.05, 4.69) is 5.32 Å². The average Bonchev–Trinajstić information content (AvgIpc) is 2.50. The van der Waals surface area contributed by atoms with E-state index in [1.807, 2.05) is 61.5 Å². The van der Waals surface area contributed by atoms with Crippen molar-refractivity contribution < 1.29 is 9.90 Å². The fourth-order valence-electron chi connectivity index (χ4n) is 2.44. The van der Waals surface area contributed by atoms with E-state index in [0.29, 0.717) is 11.4 Å². The molecule has 116 valence electrons. The van der Waals surface area contributed by atoms with Crippen molar-refractivity contribution in [1.82, 2.24) is 5.32 Å². The molecule has 2 aromatic carbocycles. The first-order valence-corrected chi connectivity index (χ1v) is 7.69. The van der Waals surface area contributed by atoms with Gasteiger partial charge in [0.05, 0.1) is 0 Å². The molecule has 2 atom stereocenters. The van der Waals surface area contributed by atoms with E-state index in [4.69, 9.17) is 11.6 Å². The number of carboxylic acids is 1. The molecule has 2 rings (SSSR count). The van der Waals surface area contributed by atoms with Crippen LogP contribution in [0.4, 0.5) is 0 Å². The van der Waals surface area contributed by atoms with Crippen LogP contribution in [0.3, 0.4) is 0 Å². The molecule has 2 aromatic rings. The van der Waals surface area contributed by atoms with Crippen molar-refractivity contribution in [3.05, 3.63) is 70.7 Å². The van der Waals surface area contributed by atoms with E-state index in [-0.39, 0.29) is 6.04 Å². The van der Waals surface area contributed by atoms with Crippen LogP contribution in [0.25, 0.3) is 0 Å². The van der Waals surface area contributed by atoms with E-state index in [1.54, 1.807) is 0 Å². The van der Waals surface area contributed by atoms with Crippen molar-refractivity contribution in [2.24, 2.45) is 0 Å². The summed E-state index contributed by atoms with van der Waals surface area (Å²) in [5.74, 6) is -0.827. The van der Waals surface area contributed by atoms with Crippen molar-refractivity contribution in [1.29, 1.82) is 0 Å². The molecule has 0 radical (unpaired) electrons. The minimum atomic E-state index is -0.827. The Balaban J connectivity index is 1.95. The lowest BCUT2D eigenvalue weighted by Gasteiger charge is -2.20. The molecule has 0 fully saturated rings. The van der Waals surface area contributed by atoms with Gasteiger partial charge in [-0.1, -0.05) is 54.1 Å². The summed E-state index contributed by atoms with van der Waals surface area (Å²) in [4.78, 5) is 11.5. The van der Waals surface area contributed by atoms with Crippen molar-refractivity contribution >= 4 is 17.6 Å². The highest BCUT2D eigenvalue weighted by Gasteiger charge is 2.20. The molecule has 0 aliphatic heterocycles. The van der Waals surface area contributed by atoms with Gasteiger partial charge in [-0.25, -0.2) is 0 Å². The molecule has 0 spiro atoms. The molecule has 0 amide bonds. The molecule has 0 heterocycles. The van der Waals surface area contributed by atoms with Gasteiger partial charge in [0.1, 0.15) is 6.04 Å². The quantitative estimate of drug-likeness (QED) is 0.821. The van der Waals surface area contributed by atoms with Gasteiger partial charge in [0, 0.05) is 11.1 Å². The van der Waals surface area contributed by atoms with E-state index in [1.165, 1.54) is 0 Å². The Labute approximate surface area is 135 Å². The standard InChI is InChI=1S/C18H20ClNO2/c1-13(11-15-7-9-16(19)10-8-15)20-17(18(21)22)12-14-5-3-2-4-6-14/h2-10,13,17,20H,11-12H2,1H3,(H,21,22)/t13?,17-/m0/s1. The number of carboxylic acid groups (broad SMARTS) is 1. The zero-order valence-electron chi connectivity index (χ0n) is 12.5. The fourth-order valence-corrected chi connectivity index (χ4v) is 2.57. The van der Waals surface area contributed by atoms with Crippen molar-refractivity contribution in [2.75, 3.05) is 0 Å². The van der Waals surface area contributed by atoms with Crippen molar-refractivity contribution in [3.8, 4) is 0 Å². The summed E-state index contributed by atoms with van der Waals surface area (Å²) in [6.07, 6.45) is 1.23. The summed E-state index contributed by atoms with van der Waals surface area (Å²) in [5, 5.41) is 13.3. The molecular weight excluding hydrogens is 298 g/mol. The van der Waals surface area contributed by atoms with Crippen LogP contribution >= 0.6 is 11.6 Å². The number of benzene rings is 2. The highest BCUT2D eigenvalue weighted by molar-refractivity contribution is 6.30. The lowest BCUT2D eigenvalue weighted by atomic mass is 10.0. The molecule has 0 saturated heterocycles. The number of hydrogen-bond acceptors (Lipinski definition) is 2. The Kier molecular flexibility index (Phi) is 5.99. The van der Waals surface area contributed by atoms with Gasteiger partial charge in [0.25, 0.3) is 0 Å². The summed E-state index contributed by atoms with van der Waals surface area (Å²) in [6, 6.07) is 16.8. The fraction of sp³-hybridized carbons (Fsp3) is 0.278. The Morgan fingerprint density at radius 2 is 1.64 bits per heavy atom. The first kappa shape index (κ1) is 16.5. The number of carbonyl (C=O) groups is 1. The number of nitrogens with one attached hydrogen (secondary N) is 1. The Hall–Kier alpha value is -1.84. The highest BCUT2D eigenvalue weighted by atomic mass is 35.5. The Bertz CT molecular complexity index is 598. The minimum absolute atomic E-state index is 0.0611. The van der Waals surface area contributed by atoms with Crippen molar-refractivity contribution in [3.63, 3.8) is 0 Å². The maximum Gasteiger partial charge on any atom is 0.321 e. The number of halogens is 1. The van der Waals surface area contributed by atoms with Gasteiger partial charge in [0.15, 0.2) is 0 Å². The lowest BCUT2D eigenvalue weighted by molar-refractivity contribution is -0.139. The summed E-state index contributed by atoms with van der Waals surface area (Å²) in [5.41, 5.74) is 2.15. The maximum absolute atomic E-state index is 11.5. The smallest absolute Gasteiger partial charge is 0.321 e. The summed E-state index contributed by atoms with van der Waals surface area (Å²) < 4.78 is 0. The van der Waals surface area contributed by atoms with Gasteiger partial charge in [0.2, 0.25) is 0 Å². The Morgan fingerprint density at radius 3 is 2.23 bits per heavy atom. The normalized spacial score (nSPS) is 13.5. The lowest BCUT2D eigenvalue weighted by Crippen LogP contribution is -2.44. The molecule has 0 bridgehead atoms. The van der Waals surface area contributed by atoms with Crippen molar-refractivity contribution in [2.45, 2.75) is 31.8 Å². The maximum atomic E-state index is 11.5. The first-order chi connectivity index (χ1) is 10.5. The molecule has 3 nitrogen and oxygen atoms in total. The molecule has 4 heteroatoms. The van der Waals surface area contributed by atoms with Gasteiger partial charge in [-0.15, -0.1) is 0 Å². The SMILES string of the molecule is CC(Cc1ccc(Cl)cc1)N[C@@H](Cc1ccccc1)C(=O)O. The van der Waals surface area contributed by atoms with Crippen LogP contribution in [0.1, 0.15) is 18.1 Å². The molecule has 0 aliphatic carbocycles. The molecule has 0 saturated carbocycles. The zero-order valence-corrected chi connectivity index (χ0v) is 13.3. The third-order valence-electron chi connectivity index (χ3n) is 3.52. The monoisotopic (exact) mass is 317 g/mol. The third-order valence-corrected chi connectivity index (χ3v) is 3.77. The van der Waals surface area contributed by atoms with E-state index < -0.39 is 12.0 Å². The van der Waals surface area contributed by atoms with E-state index in [9.17, 15) is 9.90 Å². The average molecular weight is 318 g/mol. The van der Waals surface area contributed by atoms with Gasteiger partial charge in [-0.3, -0.25) is 4.79 Å². The van der Waals surface area contributed by atoms with E-state index >= 15 is 0 Å². The molecule has 0 aromatic heterocycles. The number of rotatable bonds is 7.